The van der Waals surface area contributed by atoms with Crippen LogP contribution in [-0.2, 0) is 0 Å². The van der Waals surface area contributed by atoms with Crippen LogP contribution in [0.1, 0.15) is 0 Å². The number of nitriles is 1. The monoisotopic (exact) mass is 83.1 g/mol. The van der Waals surface area contributed by atoms with Gasteiger partial charge in [0.1, 0.15) is 0 Å². The second kappa shape index (κ2) is 2.67. The van der Waals surface area contributed by atoms with E-state index < -0.39 is 0 Å². The normalized spacial score (nSPS) is 8.33. The Hall–Kier alpha value is -0.550. The first kappa shape index (κ1) is 5.45. The van der Waals surface area contributed by atoms with E-state index >= 15 is 0 Å². The van der Waals surface area contributed by atoms with Gasteiger partial charge in [-0.15, -0.1) is 0 Å². The third-order valence-corrected chi connectivity index (χ3v) is 0.341. The van der Waals surface area contributed by atoms with Crippen molar-refractivity contribution in [2.75, 3.05) is 13.6 Å². The van der Waals surface area contributed by atoms with Gasteiger partial charge in [-0.25, -0.2) is 0 Å². The van der Waals surface area contributed by atoms with Crippen LogP contribution < -0.4 is 0 Å². The molecule has 0 fully saturated rings. The van der Waals surface area contributed by atoms with E-state index in [9.17, 15) is 0 Å². The van der Waals surface area contributed by atoms with Gasteiger partial charge in [0.25, 0.3) is 0 Å². The quantitative estimate of drug-likeness (QED) is 0.424. The highest BCUT2D eigenvalue weighted by molar-refractivity contribution is 4.72. The highest BCUT2D eigenvalue weighted by atomic mass is 15.0. The van der Waals surface area contributed by atoms with Gasteiger partial charge >= 0.3 is 0 Å². The van der Waals surface area contributed by atoms with Gasteiger partial charge in [0.2, 0.25) is 0 Å². The predicted octanol–water partition coefficient (Wildman–Crippen LogP) is 0.233. The molecule has 33 valence electrons. The van der Waals surface area contributed by atoms with Gasteiger partial charge < -0.3 is 0 Å². The SMILES string of the molecule is [CH2]N(C)CC#N. The van der Waals surface area contributed by atoms with Crippen molar-refractivity contribution in [1.82, 2.24) is 4.90 Å². The minimum absolute atomic E-state index is 0.403. The Labute approximate surface area is 38.0 Å². The molecular weight excluding hydrogens is 76.1 g/mol. The zero-order chi connectivity index (χ0) is 4.99. The molecule has 0 heterocycles. The summed E-state index contributed by atoms with van der Waals surface area (Å²) in [4.78, 5) is 1.57. The molecule has 2 nitrogen and oxygen atoms in total. The number of hydrogen-bond donors (Lipinski definition) is 0. The predicted molar refractivity (Wildman–Crippen MR) is 23.6 cm³/mol. The van der Waals surface area contributed by atoms with E-state index in [0.29, 0.717) is 6.54 Å². The fraction of sp³-hybridized carbons (Fsp3) is 0.500. The van der Waals surface area contributed by atoms with Crippen LogP contribution in [0.25, 0.3) is 0 Å². The molecule has 0 atom stereocenters. The summed E-state index contributed by atoms with van der Waals surface area (Å²) in [6.07, 6.45) is 0. The van der Waals surface area contributed by atoms with Gasteiger partial charge in [0.05, 0.1) is 12.6 Å². The first-order chi connectivity index (χ1) is 2.77. The molecule has 1 radical (unpaired) electrons. The summed E-state index contributed by atoms with van der Waals surface area (Å²) >= 11 is 0. The van der Waals surface area contributed by atoms with Gasteiger partial charge in [-0.05, 0) is 7.05 Å². The molecule has 0 spiro atoms. The summed E-state index contributed by atoms with van der Waals surface area (Å²) in [7, 11) is 5.19. The summed E-state index contributed by atoms with van der Waals surface area (Å²) in [6, 6.07) is 1.93. The van der Waals surface area contributed by atoms with Crippen molar-refractivity contribution < 1.29 is 0 Å². The third-order valence-electron chi connectivity index (χ3n) is 0.341. The van der Waals surface area contributed by atoms with E-state index in [-0.39, 0.29) is 0 Å². The molecule has 0 saturated heterocycles. The average Bonchev–Trinajstić information content (AvgIpc) is 1.35. The van der Waals surface area contributed by atoms with Crippen molar-refractivity contribution in [1.29, 1.82) is 5.26 Å². The van der Waals surface area contributed by atoms with Crippen LogP contribution in [0, 0.1) is 18.4 Å². The lowest BCUT2D eigenvalue weighted by Gasteiger charge is -1.97. The molecule has 0 unspecified atom stereocenters. The molecule has 0 rings (SSSR count). The first-order valence-corrected chi connectivity index (χ1v) is 1.66. The maximum atomic E-state index is 7.90. The van der Waals surface area contributed by atoms with E-state index in [0.717, 1.165) is 0 Å². The van der Waals surface area contributed by atoms with Crippen LogP contribution >= 0.6 is 0 Å². The van der Waals surface area contributed by atoms with Crippen LogP contribution in [0.3, 0.4) is 0 Å². The minimum Gasteiger partial charge on any atom is -0.292 e. The van der Waals surface area contributed by atoms with Crippen LogP contribution in [0.4, 0.5) is 0 Å². The zero-order valence-electron chi connectivity index (χ0n) is 3.81. The van der Waals surface area contributed by atoms with E-state index in [1.54, 1.807) is 11.9 Å². The molecule has 0 bridgehead atoms. The number of nitrogens with zero attached hydrogens (tertiary/aromatic N) is 2. The van der Waals surface area contributed by atoms with Crippen LogP contribution in [-0.4, -0.2) is 18.5 Å². The smallest absolute Gasteiger partial charge is 0.0863 e. The van der Waals surface area contributed by atoms with Gasteiger partial charge in [-0.2, -0.15) is 5.26 Å². The molecule has 0 aliphatic carbocycles. The largest absolute Gasteiger partial charge is 0.292 e. The summed E-state index contributed by atoms with van der Waals surface area (Å²) in [6.45, 7) is 0.403. The van der Waals surface area contributed by atoms with Gasteiger partial charge in [0.15, 0.2) is 0 Å². The van der Waals surface area contributed by atoms with Gasteiger partial charge in [-0.1, -0.05) is 0 Å². The Kier molecular flexibility index (Phi) is 2.43. The van der Waals surface area contributed by atoms with E-state index in [2.05, 4.69) is 7.05 Å². The van der Waals surface area contributed by atoms with Gasteiger partial charge in [0, 0.05) is 7.05 Å². The number of hydrogen-bond acceptors (Lipinski definition) is 2. The van der Waals surface area contributed by atoms with Gasteiger partial charge in [-0.3, -0.25) is 4.90 Å². The lowest BCUT2D eigenvalue weighted by atomic mass is 10.7. The lowest BCUT2D eigenvalue weighted by molar-refractivity contribution is 0.509. The van der Waals surface area contributed by atoms with E-state index in [1.165, 1.54) is 0 Å². The second-order valence-electron chi connectivity index (χ2n) is 1.17. The highest BCUT2D eigenvalue weighted by Crippen LogP contribution is 1.68. The number of rotatable bonds is 1. The fourth-order valence-electron chi connectivity index (χ4n) is 0.121. The van der Waals surface area contributed by atoms with Crippen molar-refractivity contribution in [3.8, 4) is 6.07 Å². The standard InChI is InChI=1S/C4H7N2/c1-6(2)4-3-5/h1,4H2,2H3. The Morgan fingerprint density at radius 3 is 2.50 bits per heavy atom. The summed E-state index contributed by atoms with van der Waals surface area (Å²) in [5.41, 5.74) is 0. The van der Waals surface area contributed by atoms with Crippen molar-refractivity contribution in [3.63, 3.8) is 0 Å². The molecule has 0 aromatic heterocycles. The Morgan fingerprint density at radius 2 is 2.50 bits per heavy atom. The molecule has 2 heteroatoms. The topological polar surface area (TPSA) is 27.0 Å². The average molecular weight is 83.1 g/mol. The molecule has 6 heavy (non-hydrogen) atoms. The molecule has 0 aliphatic heterocycles. The summed E-state index contributed by atoms with van der Waals surface area (Å²) < 4.78 is 0. The molecule has 0 aromatic rings. The molecule has 0 aliphatic rings. The maximum absolute atomic E-state index is 7.90. The molecular formula is C4H7N2. The third kappa shape index (κ3) is 3.45. The lowest BCUT2D eigenvalue weighted by Crippen LogP contribution is -2.07. The molecule has 0 N–H and O–H groups in total. The highest BCUT2D eigenvalue weighted by Gasteiger charge is 1.79. The van der Waals surface area contributed by atoms with Crippen LogP contribution in [0.5, 0.6) is 0 Å². The molecule has 0 aromatic carbocycles. The van der Waals surface area contributed by atoms with Crippen molar-refractivity contribution in [2.24, 2.45) is 0 Å². The molecule has 0 saturated carbocycles. The Bertz CT molecular complexity index is 60.4. The van der Waals surface area contributed by atoms with Crippen molar-refractivity contribution in [3.05, 3.63) is 7.05 Å². The first-order valence-electron chi connectivity index (χ1n) is 1.66. The second-order valence-corrected chi connectivity index (χ2v) is 1.17. The minimum atomic E-state index is 0.403. The summed E-state index contributed by atoms with van der Waals surface area (Å²) in [5, 5.41) is 7.90. The van der Waals surface area contributed by atoms with Crippen molar-refractivity contribution >= 4 is 0 Å². The zero-order valence-corrected chi connectivity index (χ0v) is 3.81. The van der Waals surface area contributed by atoms with Crippen LogP contribution in [0.15, 0.2) is 0 Å². The van der Waals surface area contributed by atoms with Crippen molar-refractivity contribution in [2.45, 2.75) is 0 Å². The van der Waals surface area contributed by atoms with E-state index in [1.807, 2.05) is 6.07 Å². The summed E-state index contributed by atoms with van der Waals surface area (Å²) in [5.74, 6) is 0. The fourth-order valence-corrected chi connectivity index (χ4v) is 0.121. The Morgan fingerprint density at radius 1 is 2.00 bits per heavy atom. The Balaban J connectivity index is 2.88. The molecule has 0 amide bonds. The maximum Gasteiger partial charge on any atom is 0.0863 e. The van der Waals surface area contributed by atoms with Crippen LogP contribution in [0.2, 0.25) is 0 Å². The van der Waals surface area contributed by atoms with E-state index in [4.69, 9.17) is 5.26 Å².